The second-order valence-corrected chi connectivity index (χ2v) is 6.92. The summed E-state index contributed by atoms with van der Waals surface area (Å²) in [5, 5.41) is 3.22. The number of halogens is 1. The Balaban J connectivity index is 0.00000220. The molecule has 1 heterocycles. The van der Waals surface area contributed by atoms with Gasteiger partial charge in [0.15, 0.2) is 0 Å². The lowest BCUT2D eigenvalue weighted by atomic mass is 9.87. The first-order valence-electron chi connectivity index (χ1n) is 8.33. The number of carbonyl (C=O) groups is 1. The Kier molecular flexibility index (Phi) is 7.99. The highest BCUT2D eigenvalue weighted by Gasteiger charge is 2.29. The molecule has 0 aromatic rings. The summed E-state index contributed by atoms with van der Waals surface area (Å²) in [6.07, 6.45) is 7.20. The smallest absolute Gasteiger partial charge is 0.234 e. The summed E-state index contributed by atoms with van der Waals surface area (Å²) in [5.74, 6) is 1.63. The molecule has 2 atom stereocenters. The molecule has 1 saturated carbocycles. The molecule has 2 unspecified atom stereocenters. The maximum Gasteiger partial charge on any atom is 0.234 e. The molecule has 4 nitrogen and oxygen atoms in total. The molecular weight excluding hydrogens is 286 g/mol. The van der Waals surface area contributed by atoms with Crippen molar-refractivity contribution in [3.63, 3.8) is 0 Å². The van der Waals surface area contributed by atoms with Gasteiger partial charge in [-0.1, -0.05) is 13.8 Å². The lowest BCUT2D eigenvalue weighted by Crippen LogP contribution is -2.53. The zero-order chi connectivity index (χ0) is 14.5. The Hall–Kier alpha value is -0.320. The Bertz CT molecular complexity index is 319. The second-order valence-electron chi connectivity index (χ2n) is 6.92. The number of hydrogen-bond donors (Lipinski definition) is 2. The molecule has 0 radical (unpaired) electrons. The van der Waals surface area contributed by atoms with E-state index in [2.05, 4.69) is 24.1 Å². The van der Waals surface area contributed by atoms with Gasteiger partial charge in [0.1, 0.15) is 0 Å². The summed E-state index contributed by atoms with van der Waals surface area (Å²) in [5.41, 5.74) is 5.89. The fourth-order valence-corrected chi connectivity index (χ4v) is 3.77. The molecule has 2 aliphatic rings. The molecular formula is C16H32ClN3O. The van der Waals surface area contributed by atoms with Gasteiger partial charge < -0.3 is 11.1 Å². The van der Waals surface area contributed by atoms with E-state index >= 15 is 0 Å². The van der Waals surface area contributed by atoms with Crippen LogP contribution in [0.25, 0.3) is 0 Å². The number of hydrogen-bond acceptors (Lipinski definition) is 3. The maximum atomic E-state index is 12.2. The highest BCUT2D eigenvalue weighted by atomic mass is 35.5. The van der Waals surface area contributed by atoms with Gasteiger partial charge in [0, 0.05) is 18.6 Å². The highest BCUT2D eigenvalue weighted by molar-refractivity contribution is 5.85. The average Bonchev–Trinajstić information content (AvgIpc) is 2.42. The fourth-order valence-electron chi connectivity index (χ4n) is 3.77. The van der Waals surface area contributed by atoms with Crippen molar-refractivity contribution in [2.45, 2.75) is 64.5 Å². The van der Waals surface area contributed by atoms with E-state index in [-0.39, 0.29) is 18.3 Å². The molecule has 1 amide bonds. The van der Waals surface area contributed by atoms with Gasteiger partial charge in [0.2, 0.25) is 5.91 Å². The summed E-state index contributed by atoms with van der Waals surface area (Å²) in [6, 6.07) is 0.776. The number of likely N-dealkylation sites (tertiary alicyclic amines) is 1. The van der Waals surface area contributed by atoms with E-state index in [0.717, 1.165) is 25.3 Å². The van der Waals surface area contributed by atoms with Crippen molar-refractivity contribution in [3.8, 4) is 0 Å². The summed E-state index contributed by atoms with van der Waals surface area (Å²) in [6.45, 7) is 6.76. The minimum atomic E-state index is 0. The number of amides is 1. The maximum absolute atomic E-state index is 12.2. The Morgan fingerprint density at radius 3 is 2.48 bits per heavy atom. The largest absolute Gasteiger partial charge is 0.352 e. The van der Waals surface area contributed by atoms with E-state index in [1.54, 1.807) is 0 Å². The first-order valence-corrected chi connectivity index (χ1v) is 8.33. The van der Waals surface area contributed by atoms with Gasteiger partial charge in [-0.15, -0.1) is 12.4 Å². The summed E-state index contributed by atoms with van der Waals surface area (Å²) >= 11 is 0. The van der Waals surface area contributed by atoms with Crippen molar-refractivity contribution < 1.29 is 4.79 Å². The summed E-state index contributed by atoms with van der Waals surface area (Å²) in [4.78, 5) is 14.5. The second kappa shape index (κ2) is 8.96. The van der Waals surface area contributed by atoms with Crippen molar-refractivity contribution >= 4 is 18.3 Å². The van der Waals surface area contributed by atoms with Crippen LogP contribution in [0.5, 0.6) is 0 Å². The number of nitrogens with two attached hydrogens (primary N) is 1. The molecule has 5 heteroatoms. The third-order valence-electron chi connectivity index (χ3n) is 5.20. The van der Waals surface area contributed by atoms with E-state index in [9.17, 15) is 4.79 Å². The Morgan fingerprint density at radius 1 is 1.19 bits per heavy atom. The topological polar surface area (TPSA) is 58.4 Å². The van der Waals surface area contributed by atoms with Gasteiger partial charge in [0.25, 0.3) is 0 Å². The molecule has 1 aliphatic carbocycles. The molecule has 0 bridgehead atoms. The number of rotatable bonds is 4. The van der Waals surface area contributed by atoms with Crippen molar-refractivity contribution in [1.82, 2.24) is 10.2 Å². The van der Waals surface area contributed by atoms with Crippen molar-refractivity contribution in [2.75, 3.05) is 19.6 Å². The van der Waals surface area contributed by atoms with E-state index in [4.69, 9.17) is 5.73 Å². The third kappa shape index (κ3) is 5.42. The van der Waals surface area contributed by atoms with Crippen LogP contribution in [0, 0.1) is 11.8 Å². The van der Waals surface area contributed by atoms with Gasteiger partial charge in [-0.3, -0.25) is 9.69 Å². The van der Waals surface area contributed by atoms with Crippen LogP contribution >= 0.6 is 12.4 Å². The van der Waals surface area contributed by atoms with E-state index < -0.39 is 0 Å². The summed E-state index contributed by atoms with van der Waals surface area (Å²) in [7, 11) is 0. The minimum absolute atomic E-state index is 0. The standard InChI is InChI=1S/C16H31N3O.ClH/c1-12-5-7-14(8-6-12)18-16(20)11-19-9-3-4-13(2)15(19)10-17;/h12-15H,3-11,17H2,1-2H3,(H,18,20);1H. The molecule has 1 saturated heterocycles. The molecule has 2 fully saturated rings. The van der Waals surface area contributed by atoms with Crippen LogP contribution in [-0.2, 0) is 4.79 Å². The van der Waals surface area contributed by atoms with Gasteiger partial charge in [0.05, 0.1) is 6.54 Å². The van der Waals surface area contributed by atoms with Gasteiger partial charge in [-0.25, -0.2) is 0 Å². The van der Waals surface area contributed by atoms with Crippen LogP contribution in [-0.4, -0.2) is 42.5 Å². The zero-order valence-electron chi connectivity index (χ0n) is 13.5. The molecule has 2 rings (SSSR count). The average molecular weight is 318 g/mol. The summed E-state index contributed by atoms with van der Waals surface area (Å²) < 4.78 is 0. The van der Waals surface area contributed by atoms with E-state index in [1.165, 1.54) is 25.7 Å². The lowest BCUT2D eigenvalue weighted by molar-refractivity contribution is -0.124. The molecule has 0 aromatic carbocycles. The number of nitrogens with one attached hydrogen (secondary N) is 1. The lowest BCUT2D eigenvalue weighted by Gasteiger charge is -2.39. The quantitative estimate of drug-likeness (QED) is 0.835. The van der Waals surface area contributed by atoms with Crippen LogP contribution < -0.4 is 11.1 Å². The van der Waals surface area contributed by atoms with Crippen LogP contribution in [0.15, 0.2) is 0 Å². The molecule has 21 heavy (non-hydrogen) atoms. The van der Waals surface area contributed by atoms with Crippen molar-refractivity contribution in [2.24, 2.45) is 17.6 Å². The normalized spacial score (nSPS) is 34.0. The van der Waals surface area contributed by atoms with E-state index in [1.807, 2.05) is 0 Å². The van der Waals surface area contributed by atoms with Crippen LogP contribution in [0.2, 0.25) is 0 Å². The Labute approximate surface area is 135 Å². The predicted octanol–water partition coefficient (Wildman–Crippen LogP) is 2.16. The zero-order valence-corrected chi connectivity index (χ0v) is 14.3. The number of nitrogens with zero attached hydrogens (tertiary/aromatic N) is 1. The van der Waals surface area contributed by atoms with Crippen molar-refractivity contribution in [3.05, 3.63) is 0 Å². The van der Waals surface area contributed by atoms with Crippen LogP contribution in [0.4, 0.5) is 0 Å². The van der Waals surface area contributed by atoms with Gasteiger partial charge in [-0.05, 0) is 56.9 Å². The molecule has 0 aromatic heterocycles. The first kappa shape index (κ1) is 18.7. The van der Waals surface area contributed by atoms with E-state index in [0.29, 0.717) is 31.1 Å². The Morgan fingerprint density at radius 2 is 1.86 bits per heavy atom. The molecule has 124 valence electrons. The fraction of sp³-hybridized carbons (Fsp3) is 0.938. The molecule has 1 aliphatic heterocycles. The van der Waals surface area contributed by atoms with Crippen LogP contribution in [0.3, 0.4) is 0 Å². The first-order chi connectivity index (χ1) is 9.60. The number of piperidine rings is 1. The third-order valence-corrected chi connectivity index (χ3v) is 5.20. The van der Waals surface area contributed by atoms with Gasteiger partial charge >= 0.3 is 0 Å². The van der Waals surface area contributed by atoms with Crippen molar-refractivity contribution in [1.29, 1.82) is 0 Å². The minimum Gasteiger partial charge on any atom is -0.352 e. The number of carbonyl (C=O) groups excluding carboxylic acids is 1. The highest BCUT2D eigenvalue weighted by Crippen LogP contribution is 2.24. The van der Waals surface area contributed by atoms with Gasteiger partial charge in [-0.2, -0.15) is 0 Å². The predicted molar refractivity (Wildman–Crippen MR) is 89.6 cm³/mol. The monoisotopic (exact) mass is 317 g/mol. The molecule has 0 spiro atoms. The van der Waals surface area contributed by atoms with Crippen LogP contribution in [0.1, 0.15) is 52.4 Å². The SMILES string of the molecule is CC1CCC(NC(=O)CN2CCCC(C)C2CN)CC1.Cl. The molecule has 3 N–H and O–H groups in total.